The third-order valence-corrected chi connectivity index (χ3v) is 14.6. The summed E-state index contributed by atoms with van der Waals surface area (Å²) in [6, 6.07) is 47.4. The minimum Gasteiger partial charge on any atom is -0.311 e. The van der Waals surface area contributed by atoms with Crippen LogP contribution in [0.15, 0.2) is 194 Å². The van der Waals surface area contributed by atoms with Crippen LogP contribution in [0.1, 0.15) is 92.7 Å². The van der Waals surface area contributed by atoms with Gasteiger partial charge in [-0.2, -0.15) is 0 Å². The Morgan fingerprint density at radius 1 is 0.417 bits per heavy atom. The molecule has 0 N–H and O–H groups in total. The standard InChI is InChI=1S/C67H61BN4/c1-65(2,3)42-43-36-62-64-63(37-43)70(47-22-14-11-15-23-47)61-41-49(72-57-27-19-17-25-51(57)53-39-45(67(7,8)9)29-35-59(53)72)31-33-55(61)68(64)54-32-30-48(40-60(54)69(62)46-20-12-10-13-21-46)71-56-26-18-16-24-50(56)52-38-44(66(4,5)6)28-34-58(52)71/h10-41H,42H2,1-9H3/i16D,17D,18D,19D,24D,25D,26D,27D,42D2. The van der Waals surface area contributed by atoms with Crippen molar-refractivity contribution in [1.29, 1.82) is 0 Å². The number of rotatable bonds is 5. The predicted molar refractivity (Wildman–Crippen MR) is 310 cm³/mol. The molecule has 0 bridgehead atoms. The van der Waals surface area contributed by atoms with Crippen LogP contribution < -0.4 is 26.2 Å². The van der Waals surface area contributed by atoms with Crippen LogP contribution in [0, 0.1) is 5.41 Å². The van der Waals surface area contributed by atoms with Crippen molar-refractivity contribution in [2.45, 2.75) is 79.5 Å². The largest absolute Gasteiger partial charge is 0.311 e. The molecule has 2 aliphatic rings. The lowest BCUT2D eigenvalue weighted by Crippen LogP contribution is -2.61. The summed E-state index contributed by atoms with van der Waals surface area (Å²) in [4.78, 5) is 4.44. The number of nitrogens with zero attached hydrogens (tertiary/aromatic N) is 4. The molecule has 0 atom stereocenters. The molecule has 0 radical (unpaired) electrons. The topological polar surface area (TPSA) is 16.3 Å². The molecule has 11 aromatic rings. The highest BCUT2D eigenvalue weighted by molar-refractivity contribution is 7.00. The molecular formula is C67H61BN4. The Hall–Kier alpha value is -7.76. The molecule has 0 saturated carbocycles. The summed E-state index contributed by atoms with van der Waals surface area (Å²) in [6.45, 7) is 18.1. The molecule has 2 aromatic heterocycles. The highest BCUT2D eigenvalue weighted by atomic mass is 15.2. The smallest absolute Gasteiger partial charge is 0.252 e. The third kappa shape index (κ3) is 6.95. The number of benzene rings is 9. The van der Waals surface area contributed by atoms with Gasteiger partial charge in [-0.3, -0.25) is 0 Å². The summed E-state index contributed by atoms with van der Waals surface area (Å²) in [6.07, 6.45) is -1.86. The van der Waals surface area contributed by atoms with Gasteiger partial charge in [0, 0.05) is 69.8 Å². The van der Waals surface area contributed by atoms with E-state index < -0.39 is 18.5 Å². The molecule has 0 spiro atoms. The zero-order valence-corrected chi connectivity index (χ0v) is 42.2. The number of para-hydroxylation sites is 4. The Kier molecular flexibility index (Phi) is 7.62. The molecule has 13 rings (SSSR count). The van der Waals surface area contributed by atoms with E-state index in [2.05, 4.69) is 124 Å². The lowest BCUT2D eigenvalue weighted by molar-refractivity contribution is 0.411. The average molecular weight is 943 g/mol. The minimum absolute atomic E-state index is 0.103. The van der Waals surface area contributed by atoms with Crippen LogP contribution in [-0.4, -0.2) is 15.8 Å². The van der Waals surface area contributed by atoms with Gasteiger partial charge in [0.1, 0.15) is 0 Å². The Balaban J connectivity index is 1.15. The summed E-state index contributed by atoms with van der Waals surface area (Å²) in [5.41, 5.74) is 12.5. The first-order valence-corrected chi connectivity index (χ1v) is 25.0. The van der Waals surface area contributed by atoms with Crippen molar-refractivity contribution in [1.82, 2.24) is 9.13 Å². The van der Waals surface area contributed by atoms with E-state index in [1.807, 2.05) is 103 Å². The Morgan fingerprint density at radius 2 is 0.847 bits per heavy atom. The van der Waals surface area contributed by atoms with Crippen molar-refractivity contribution in [2.24, 2.45) is 5.41 Å². The van der Waals surface area contributed by atoms with Crippen molar-refractivity contribution in [2.75, 3.05) is 9.80 Å². The minimum atomic E-state index is -1.86. The first kappa shape index (κ1) is 34.5. The average Bonchev–Trinajstić information content (AvgIpc) is 3.68. The van der Waals surface area contributed by atoms with E-state index in [0.717, 1.165) is 83.4 Å². The first-order chi connectivity index (χ1) is 38.7. The van der Waals surface area contributed by atoms with E-state index in [0.29, 0.717) is 38.7 Å². The van der Waals surface area contributed by atoms with E-state index >= 15 is 0 Å². The molecule has 0 fully saturated rings. The van der Waals surface area contributed by atoms with Crippen LogP contribution in [0.2, 0.25) is 0 Å². The van der Waals surface area contributed by atoms with Crippen molar-refractivity contribution >= 4 is 101 Å². The van der Waals surface area contributed by atoms with Crippen molar-refractivity contribution in [3.63, 3.8) is 0 Å². The van der Waals surface area contributed by atoms with Gasteiger partial charge in [-0.15, -0.1) is 0 Å². The molecule has 0 amide bonds. The Morgan fingerprint density at radius 3 is 1.26 bits per heavy atom. The van der Waals surface area contributed by atoms with E-state index in [1.54, 1.807) is 0 Å². The van der Waals surface area contributed by atoms with E-state index in [9.17, 15) is 8.22 Å². The van der Waals surface area contributed by atoms with Crippen molar-refractivity contribution in [3.8, 4) is 11.4 Å². The maximum atomic E-state index is 10.0. The van der Waals surface area contributed by atoms with Crippen LogP contribution in [0.25, 0.3) is 55.0 Å². The van der Waals surface area contributed by atoms with Gasteiger partial charge in [-0.1, -0.05) is 159 Å². The first-order valence-electron chi connectivity index (χ1n) is 30.0. The van der Waals surface area contributed by atoms with Crippen molar-refractivity contribution in [3.05, 3.63) is 211 Å². The van der Waals surface area contributed by atoms with Gasteiger partial charge >= 0.3 is 0 Å². The van der Waals surface area contributed by atoms with Gasteiger partial charge in [0.15, 0.2) is 0 Å². The Labute approximate surface area is 438 Å². The molecule has 0 unspecified atom stereocenters. The summed E-state index contributed by atoms with van der Waals surface area (Å²) in [7, 11) is 0. The van der Waals surface area contributed by atoms with E-state index in [1.165, 1.54) is 0 Å². The van der Waals surface area contributed by atoms with Crippen molar-refractivity contribution < 1.29 is 13.7 Å². The summed E-state index contributed by atoms with van der Waals surface area (Å²) in [5.74, 6) is 0. The molecular weight excluding hydrogens is 872 g/mol. The third-order valence-electron chi connectivity index (χ3n) is 14.6. The second-order valence-electron chi connectivity index (χ2n) is 22.6. The molecule has 72 heavy (non-hydrogen) atoms. The van der Waals surface area contributed by atoms with Gasteiger partial charge in [0.05, 0.1) is 33.0 Å². The fourth-order valence-corrected chi connectivity index (χ4v) is 11.4. The quantitative estimate of drug-likeness (QED) is 0.160. The van der Waals surface area contributed by atoms with Gasteiger partial charge in [0.2, 0.25) is 0 Å². The highest BCUT2D eigenvalue weighted by Gasteiger charge is 2.44. The van der Waals surface area contributed by atoms with Crippen LogP contribution in [0.4, 0.5) is 34.1 Å². The highest BCUT2D eigenvalue weighted by Crippen LogP contribution is 2.47. The number of anilines is 6. The molecule has 5 heteroatoms. The predicted octanol–water partition coefficient (Wildman–Crippen LogP) is 16.1. The second kappa shape index (κ2) is 15.9. The van der Waals surface area contributed by atoms with Crippen LogP contribution in [0.3, 0.4) is 0 Å². The Bertz CT molecular complexity index is 4280. The second-order valence-corrected chi connectivity index (χ2v) is 22.6. The molecule has 0 saturated heterocycles. The van der Waals surface area contributed by atoms with Crippen LogP contribution in [0.5, 0.6) is 0 Å². The maximum absolute atomic E-state index is 10.0. The normalized spacial score (nSPS) is 15.8. The van der Waals surface area contributed by atoms with Gasteiger partial charge < -0.3 is 18.9 Å². The molecule has 4 heterocycles. The van der Waals surface area contributed by atoms with Crippen LogP contribution >= 0.6 is 0 Å². The molecule has 2 aliphatic heterocycles. The SMILES string of the molecule is [2H]c1c([2H])c([2H])c2c(c1[2H])c1cc(C(C)(C)C)ccc1n2-c1ccc2c(c1)N(c1ccccc1)c1cc(C([2H])([2H])C(C)(C)C)cc3c1B2c1ccc(-n2c4ccc(C(C)(C)C)cc4c4c([2H])c([2H])c([2H])c([2H])c42)cc1N3c1ccccc1. The van der Waals surface area contributed by atoms with Gasteiger partial charge in [-0.05, 0) is 153 Å². The van der Waals surface area contributed by atoms with Gasteiger partial charge in [-0.25, -0.2) is 0 Å². The van der Waals surface area contributed by atoms with Gasteiger partial charge in [0.25, 0.3) is 6.71 Å². The number of aromatic nitrogens is 2. The maximum Gasteiger partial charge on any atom is 0.252 e. The lowest BCUT2D eigenvalue weighted by atomic mass is 9.33. The van der Waals surface area contributed by atoms with Crippen LogP contribution in [-0.2, 0) is 17.2 Å². The lowest BCUT2D eigenvalue weighted by Gasteiger charge is -2.45. The summed E-state index contributed by atoms with van der Waals surface area (Å²) in [5, 5.41) is 2.34. The number of hydrogen-bond acceptors (Lipinski definition) is 2. The number of fused-ring (bicyclic) bond motifs is 10. The fraction of sp³-hybridized carbons (Fsp3) is 0.194. The molecule has 9 aromatic carbocycles. The zero-order valence-electron chi connectivity index (χ0n) is 52.2. The molecule has 0 aliphatic carbocycles. The monoisotopic (exact) mass is 943 g/mol. The van der Waals surface area contributed by atoms with E-state index in [-0.39, 0.29) is 59.2 Å². The van der Waals surface area contributed by atoms with E-state index in [4.69, 9.17) is 5.48 Å². The molecule has 4 nitrogen and oxygen atoms in total. The fourth-order valence-electron chi connectivity index (χ4n) is 11.4. The number of hydrogen-bond donors (Lipinski definition) is 0. The summed E-state index contributed by atoms with van der Waals surface area (Å²) < 4.78 is 97.4. The summed E-state index contributed by atoms with van der Waals surface area (Å²) >= 11 is 0. The zero-order chi connectivity index (χ0) is 58.2. The molecule has 352 valence electrons.